The zero-order valence-electron chi connectivity index (χ0n) is 10.0. The topological polar surface area (TPSA) is 21.3 Å². The van der Waals surface area contributed by atoms with Crippen LogP contribution >= 0.6 is 0 Å². The van der Waals surface area contributed by atoms with E-state index in [-0.39, 0.29) is 5.60 Å². The molecule has 0 radical (unpaired) electrons. The van der Waals surface area contributed by atoms with Crippen molar-refractivity contribution in [3.63, 3.8) is 0 Å². The number of nitrogens with one attached hydrogen (secondary N) is 1. The molecule has 0 aromatic rings. The summed E-state index contributed by atoms with van der Waals surface area (Å²) >= 11 is 0. The molecule has 0 saturated carbocycles. The summed E-state index contributed by atoms with van der Waals surface area (Å²) in [5.41, 5.74) is 0.352. The van der Waals surface area contributed by atoms with Gasteiger partial charge in [-0.3, -0.25) is 0 Å². The molecule has 0 aliphatic rings. The van der Waals surface area contributed by atoms with Crippen LogP contribution in [0.2, 0.25) is 0 Å². The molecule has 2 nitrogen and oxygen atoms in total. The van der Waals surface area contributed by atoms with E-state index in [9.17, 15) is 0 Å². The van der Waals surface area contributed by atoms with E-state index in [4.69, 9.17) is 4.74 Å². The van der Waals surface area contributed by atoms with E-state index in [1.165, 1.54) is 0 Å². The van der Waals surface area contributed by atoms with E-state index in [1.54, 1.807) is 0 Å². The van der Waals surface area contributed by atoms with Gasteiger partial charge in [0.15, 0.2) is 0 Å². The van der Waals surface area contributed by atoms with Crippen LogP contribution in [0.5, 0.6) is 0 Å². The second kappa shape index (κ2) is 4.97. The molecule has 0 rings (SSSR count). The van der Waals surface area contributed by atoms with Gasteiger partial charge in [-0.05, 0) is 26.2 Å². The molecule has 0 amide bonds. The first kappa shape index (κ1) is 12.9. The van der Waals surface area contributed by atoms with Gasteiger partial charge in [0, 0.05) is 13.1 Å². The van der Waals surface area contributed by atoms with Crippen molar-refractivity contribution in [3.05, 3.63) is 0 Å². The van der Waals surface area contributed by atoms with Crippen LogP contribution in [0.1, 0.15) is 41.5 Å². The van der Waals surface area contributed by atoms with E-state index in [0.29, 0.717) is 5.41 Å². The Bertz CT molecular complexity index is 114. The van der Waals surface area contributed by atoms with Gasteiger partial charge in [0.2, 0.25) is 0 Å². The molecular formula is C11H25NO. The molecule has 2 heteroatoms. The summed E-state index contributed by atoms with van der Waals surface area (Å²) in [4.78, 5) is 0. The van der Waals surface area contributed by atoms with Gasteiger partial charge >= 0.3 is 0 Å². The normalized spacial score (nSPS) is 13.4. The third kappa shape index (κ3) is 11.9. The fourth-order valence-corrected chi connectivity index (χ4v) is 0.893. The van der Waals surface area contributed by atoms with Crippen molar-refractivity contribution in [1.82, 2.24) is 5.32 Å². The van der Waals surface area contributed by atoms with Crippen molar-refractivity contribution >= 4 is 0 Å². The molecule has 80 valence electrons. The Labute approximate surface area is 83.1 Å². The number of rotatable bonds is 4. The fraction of sp³-hybridized carbons (Fsp3) is 1.00. The molecule has 0 spiro atoms. The zero-order valence-corrected chi connectivity index (χ0v) is 10.0. The highest BCUT2D eigenvalue weighted by Crippen LogP contribution is 2.10. The Hall–Kier alpha value is -0.0800. The van der Waals surface area contributed by atoms with Crippen LogP contribution < -0.4 is 5.32 Å². The molecule has 0 aliphatic heterocycles. The van der Waals surface area contributed by atoms with Crippen LogP contribution in [0.3, 0.4) is 0 Å². The Kier molecular flexibility index (Phi) is 4.93. The standard InChI is InChI=1S/C11H25NO/c1-10(2,3)9-12-7-8-13-11(4,5)6/h12H,7-9H2,1-6H3. The quantitative estimate of drug-likeness (QED) is 0.683. The maximum Gasteiger partial charge on any atom is 0.0599 e. The number of hydrogen-bond acceptors (Lipinski definition) is 2. The van der Waals surface area contributed by atoms with Crippen LogP contribution in [0.25, 0.3) is 0 Å². The average Bonchev–Trinajstić information content (AvgIpc) is 1.81. The van der Waals surface area contributed by atoms with Gasteiger partial charge in [0.1, 0.15) is 0 Å². The van der Waals surface area contributed by atoms with Crippen molar-refractivity contribution in [1.29, 1.82) is 0 Å². The minimum atomic E-state index is -0.0105. The maximum atomic E-state index is 5.58. The van der Waals surface area contributed by atoms with Gasteiger partial charge in [-0.2, -0.15) is 0 Å². The summed E-state index contributed by atoms with van der Waals surface area (Å²) in [7, 11) is 0. The van der Waals surface area contributed by atoms with Crippen molar-refractivity contribution < 1.29 is 4.74 Å². The van der Waals surface area contributed by atoms with Gasteiger partial charge in [0.25, 0.3) is 0 Å². The second-order valence-electron chi connectivity index (χ2n) is 5.70. The predicted octanol–water partition coefficient (Wildman–Crippen LogP) is 2.44. The lowest BCUT2D eigenvalue weighted by Gasteiger charge is -2.22. The van der Waals surface area contributed by atoms with Crippen LogP contribution in [0.4, 0.5) is 0 Å². The Morgan fingerprint density at radius 3 is 1.92 bits per heavy atom. The lowest BCUT2D eigenvalue weighted by molar-refractivity contribution is -0.00126. The highest BCUT2D eigenvalue weighted by atomic mass is 16.5. The second-order valence-corrected chi connectivity index (χ2v) is 5.70. The smallest absolute Gasteiger partial charge is 0.0599 e. The van der Waals surface area contributed by atoms with Crippen molar-refractivity contribution in [2.24, 2.45) is 5.41 Å². The summed E-state index contributed by atoms with van der Waals surface area (Å²) < 4.78 is 5.58. The average molecular weight is 187 g/mol. The van der Waals surface area contributed by atoms with Crippen LogP contribution in [0, 0.1) is 5.41 Å². The minimum absolute atomic E-state index is 0.0105. The van der Waals surface area contributed by atoms with Gasteiger partial charge in [-0.15, -0.1) is 0 Å². The van der Waals surface area contributed by atoms with Crippen LogP contribution in [-0.4, -0.2) is 25.3 Å². The third-order valence-electron chi connectivity index (χ3n) is 1.47. The SMILES string of the molecule is CC(C)(C)CNCCOC(C)(C)C. The molecule has 0 saturated heterocycles. The first-order valence-electron chi connectivity index (χ1n) is 5.05. The molecule has 0 heterocycles. The van der Waals surface area contributed by atoms with Gasteiger partial charge < -0.3 is 10.1 Å². The summed E-state index contributed by atoms with van der Waals surface area (Å²) in [6, 6.07) is 0. The highest BCUT2D eigenvalue weighted by Gasteiger charge is 2.10. The van der Waals surface area contributed by atoms with Crippen molar-refractivity contribution in [2.45, 2.75) is 47.1 Å². The van der Waals surface area contributed by atoms with Gasteiger partial charge in [-0.25, -0.2) is 0 Å². The van der Waals surface area contributed by atoms with E-state index in [2.05, 4.69) is 46.9 Å². The molecular weight excluding hydrogens is 162 g/mol. The highest BCUT2D eigenvalue weighted by molar-refractivity contribution is 4.65. The zero-order chi connectivity index (χ0) is 10.5. The molecule has 0 fully saturated rings. The molecule has 0 aromatic carbocycles. The minimum Gasteiger partial charge on any atom is -0.375 e. The van der Waals surface area contributed by atoms with Crippen LogP contribution in [-0.2, 0) is 4.74 Å². The molecule has 0 aromatic heterocycles. The largest absolute Gasteiger partial charge is 0.375 e. The van der Waals surface area contributed by atoms with Gasteiger partial charge in [0.05, 0.1) is 12.2 Å². The number of ether oxygens (including phenoxy) is 1. The molecule has 13 heavy (non-hydrogen) atoms. The Morgan fingerprint density at radius 2 is 1.54 bits per heavy atom. The van der Waals surface area contributed by atoms with E-state index in [1.807, 2.05) is 0 Å². The number of hydrogen-bond donors (Lipinski definition) is 1. The summed E-state index contributed by atoms with van der Waals surface area (Å²) in [5.74, 6) is 0. The van der Waals surface area contributed by atoms with Gasteiger partial charge in [-0.1, -0.05) is 20.8 Å². The fourth-order valence-electron chi connectivity index (χ4n) is 0.893. The van der Waals surface area contributed by atoms with Crippen molar-refractivity contribution in [3.8, 4) is 0 Å². The molecule has 0 atom stereocenters. The maximum absolute atomic E-state index is 5.58. The van der Waals surface area contributed by atoms with Crippen LogP contribution in [0.15, 0.2) is 0 Å². The van der Waals surface area contributed by atoms with Crippen molar-refractivity contribution in [2.75, 3.05) is 19.7 Å². The third-order valence-corrected chi connectivity index (χ3v) is 1.47. The molecule has 0 bridgehead atoms. The summed E-state index contributed by atoms with van der Waals surface area (Å²) in [6.45, 7) is 15.7. The molecule has 0 aliphatic carbocycles. The summed E-state index contributed by atoms with van der Waals surface area (Å²) in [6.07, 6.45) is 0. The monoisotopic (exact) mass is 187 g/mol. The Morgan fingerprint density at radius 1 is 1.00 bits per heavy atom. The van der Waals surface area contributed by atoms with E-state index < -0.39 is 0 Å². The molecule has 1 N–H and O–H groups in total. The Balaban J connectivity index is 3.28. The van der Waals surface area contributed by atoms with E-state index >= 15 is 0 Å². The lowest BCUT2D eigenvalue weighted by Crippen LogP contribution is -2.31. The molecule has 0 unspecified atom stereocenters. The lowest BCUT2D eigenvalue weighted by atomic mass is 9.97. The summed E-state index contributed by atoms with van der Waals surface area (Å²) in [5, 5.41) is 3.37. The predicted molar refractivity (Wildman–Crippen MR) is 58.0 cm³/mol. The van der Waals surface area contributed by atoms with E-state index in [0.717, 1.165) is 19.7 Å². The first-order valence-corrected chi connectivity index (χ1v) is 5.05. The first-order chi connectivity index (χ1) is 5.71.